The molecular formula is C14H14O3. The van der Waals surface area contributed by atoms with Gasteiger partial charge < -0.3 is 9.15 Å². The van der Waals surface area contributed by atoms with Gasteiger partial charge in [-0.2, -0.15) is 0 Å². The number of hydrogen-bond donors (Lipinski definition) is 0. The van der Waals surface area contributed by atoms with Gasteiger partial charge in [-0.05, 0) is 30.2 Å². The van der Waals surface area contributed by atoms with Crippen LogP contribution in [0.4, 0.5) is 0 Å². The number of hydrogen-bond acceptors (Lipinski definition) is 3. The molecular weight excluding hydrogens is 216 g/mol. The van der Waals surface area contributed by atoms with E-state index in [9.17, 15) is 4.79 Å². The Morgan fingerprint density at radius 1 is 1.35 bits per heavy atom. The zero-order valence-corrected chi connectivity index (χ0v) is 9.90. The van der Waals surface area contributed by atoms with E-state index in [0.29, 0.717) is 5.56 Å². The van der Waals surface area contributed by atoms with Crippen LogP contribution in [-0.2, 0) is 6.42 Å². The van der Waals surface area contributed by atoms with Crippen LogP contribution in [0.15, 0.2) is 35.1 Å². The summed E-state index contributed by atoms with van der Waals surface area (Å²) in [6.45, 7) is 2.00. The molecule has 0 saturated heterocycles. The third kappa shape index (κ3) is 2.09. The number of aldehydes is 1. The smallest absolute Gasteiger partial charge is 0.150 e. The topological polar surface area (TPSA) is 39.4 Å². The van der Waals surface area contributed by atoms with E-state index in [1.165, 1.54) is 0 Å². The Morgan fingerprint density at radius 2 is 2.18 bits per heavy atom. The molecule has 2 aromatic rings. The van der Waals surface area contributed by atoms with E-state index in [2.05, 4.69) is 0 Å². The molecule has 3 nitrogen and oxygen atoms in total. The standard InChI is InChI=1S/C14H14O3/c1-3-13-12(8-15)6-11(7-14(13)16-2)10-4-5-17-9-10/h4-9H,3H2,1-2H3. The van der Waals surface area contributed by atoms with Gasteiger partial charge in [-0.25, -0.2) is 0 Å². The fourth-order valence-electron chi connectivity index (χ4n) is 1.93. The van der Waals surface area contributed by atoms with Gasteiger partial charge in [0.15, 0.2) is 0 Å². The highest BCUT2D eigenvalue weighted by Crippen LogP contribution is 2.30. The summed E-state index contributed by atoms with van der Waals surface area (Å²) in [7, 11) is 1.61. The Balaban J connectivity index is 2.60. The number of furan rings is 1. The average molecular weight is 230 g/mol. The van der Waals surface area contributed by atoms with Crippen molar-refractivity contribution in [3.8, 4) is 16.9 Å². The highest BCUT2D eigenvalue weighted by atomic mass is 16.5. The Hall–Kier alpha value is -2.03. The summed E-state index contributed by atoms with van der Waals surface area (Å²) in [5.41, 5.74) is 3.47. The monoisotopic (exact) mass is 230 g/mol. The second-order valence-corrected chi connectivity index (χ2v) is 3.73. The molecule has 0 N–H and O–H groups in total. The summed E-state index contributed by atoms with van der Waals surface area (Å²) in [6, 6.07) is 5.64. The highest BCUT2D eigenvalue weighted by Gasteiger charge is 2.11. The van der Waals surface area contributed by atoms with Crippen molar-refractivity contribution in [3.63, 3.8) is 0 Å². The number of ether oxygens (including phenoxy) is 1. The van der Waals surface area contributed by atoms with Crippen LogP contribution in [0.2, 0.25) is 0 Å². The van der Waals surface area contributed by atoms with Gasteiger partial charge in [0.25, 0.3) is 0 Å². The summed E-state index contributed by atoms with van der Waals surface area (Å²) in [6.07, 6.45) is 4.89. The van der Waals surface area contributed by atoms with E-state index in [0.717, 1.165) is 35.1 Å². The van der Waals surface area contributed by atoms with E-state index >= 15 is 0 Å². The molecule has 0 aliphatic heterocycles. The van der Waals surface area contributed by atoms with Crippen LogP contribution in [0.5, 0.6) is 5.75 Å². The van der Waals surface area contributed by atoms with Gasteiger partial charge in [-0.3, -0.25) is 4.79 Å². The lowest BCUT2D eigenvalue weighted by molar-refractivity contribution is 0.112. The number of carbonyl (C=O) groups is 1. The van der Waals surface area contributed by atoms with Gasteiger partial charge in [-0.1, -0.05) is 6.92 Å². The van der Waals surface area contributed by atoms with Crippen molar-refractivity contribution in [3.05, 3.63) is 41.9 Å². The van der Waals surface area contributed by atoms with Crippen molar-refractivity contribution in [2.24, 2.45) is 0 Å². The molecule has 1 aromatic heterocycles. The summed E-state index contributed by atoms with van der Waals surface area (Å²) in [4.78, 5) is 11.1. The number of rotatable bonds is 4. The van der Waals surface area contributed by atoms with Crippen molar-refractivity contribution in [2.75, 3.05) is 7.11 Å². The molecule has 0 fully saturated rings. The Bertz CT molecular complexity index is 513. The molecule has 0 radical (unpaired) electrons. The van der Waals surface area contributed by atoms with Gasteiger partial charge in [0.05, 0.1) is 19.6 Å². The minimum atomic E-state index is 0.669. The maximum absolute atomic E-state index is 11.1. The lowest BCUT2D eigenvalue weighted by Crippen LogP contribution is -1.97. The van der Waals surface area contributed by atoms with Crippen LogP contribution in [0.1, 0.15) is 22.8 Å². The fraction of sp³-hybridized carbons (Fsp3) is 0.214. The maximum atomic E-state index is 11.1. The van der Waals surface area contributed by atoms with Crippen molar-refractivity contribution < 1.29 is 13.9 Å². The molecule has 0 spiro atoms. The predicted octanol–water partition coefficient (Wildman–Crippen LogP) is 3.33. The first kappa shape index (κ1) is 11.5. The van der Waals surface area contributed by atoms with Crippen LogP contribution in [-0.4, -0.2) is 13.4 Å². The zero-order chi connectivity index (χ0) is 12.3. The van der Waals surface area contributed by atoms with Crippen LogP contribution < -0.4 is 4.74 Å². The molecule has 0 bridgehead atoms. The molecule has 1 heterocycles. The van der Waals surface area contributed by atoms with Crippen molar-refractivity contribution >= 4 is 6.29 Å². The van der Waals surface area contributed by atoms with Gasteiger partial charge in [-0.15, -0.1) is 0 Å². The van der Waals surface area contributed by atoms with E-state index in [1.807, 2.05) is 25.1 Å². The van der Waals surface area contributed by atoms with E-state index in [-0.39, 0.29) is 0 Å². The van der Waals surface area contributed by atoms with Crippen LogP contribution in [0.3, 0.4) is 0 Å². The van der Waals surface area contributed by atoms with E-state index < -0.39 is 0 Å². The second-order valence-electron chi connectivity index (χ2n) is 3.73. The fourth-order valence-corrected chi connectivity index (χ4v) is 1.93. The lowest BCUT2D eigenvalue weighted by atomic mass is 9.99. The Morgan fingerprint density at radius 3 is 2.71 bits per heavy atom. The molecule has 0 unspecified atom stereocenters. The normalized spacial score (nSPS) is 10.2. The molecule has 1 aromatic carbocycles. The zero-order valence-electron chi connectivity index (χ0n) is 9.90. The van der Waals surface area contributed by atoms with Crippen LogP contribution in [0.25, 0.3) is 11.1 Å². The summed E-state index contributed by atoms with van der Waals surface area (Å²) < 4.78 is 10.4. The largest absolute Gasteiger partial charge is 0.496 e. The lowest BCUT2D eigenvalue weighted by Gasteiger charge is -2.11. The third-order valence-corrected chi connectivity index (χ3v) is 2.80. The Kier molecular flexibility index (Phi) is 3.28. The summed E-state index contributed by atoms with van der Waals surface area (Å²) >= 11 is 0. The molecule has 0 aliphatic carbocycles. The minimum Gasteiger partial charge on any atom is -0.496 e. The molecule has 17 heavy (non-hydrogen) atoms. The minimum absolute atomic E-state index is 0.669. The summed E-state index contributed by atoms with van der Waals surface area (Å²) in [5.74, 6) is 0.744. The van der Waals surface area contributed by atoms with E-state index in [1.54, 1.807) is 19.6 Å². The first-order valence-electron chi connectivity index (χ1n) is 5.48. The number of carbonyl (C=O) groups excluding carboxylic acids is 1. The summed E-state index contributed by atoms with van der Waals surface area (Å²) in [5, 5.41) is 0. The SMILES string of the molecule is CCc1c(C=O)cc(-c2ccoc2)cc1OC. The molecule has 0 amide bonds. The van der Waals surface area contributed by atoms with Gasteiger partial charge in [0.1, 0.15) is 12.0 Å². The Labute approximate surface area is 100 Å². The molecule has 3 heteroatoms. The average Bonchev–Trinajstić information content (AvgIpc) is 2.90. The van der Waals surface area contributed by atoms with E-state index in [4.69, 9.17) is 9.15 Å². The number of benzene rings is 1. The molecule has 88 valence electrons. The van der Waals surface area contributed by atoms with Gasteiger partial charge >= 0.3 is 0 Å². The van der Waals surface area contributed by atoms with Crippen molar-refractivity contribution in [1.82, 2.24) is 0 Å². The van der Waals surface area contributed by atoms with Gasteiger partial charge in [0.2, 0.25) is 0 Å². The molecule has 2 rings (SSSR count). The second kappa shape index (κ2) is 4.87. The first-order valence-corrected chi connectivity index (χ1v) is 5.48. The first-order chi connectivity index (χ1) is 8.30. The van der Waals surface area contributed by atoms with Crippen LogP contribution in [0, 0.1) is 0 Å². The van der Waals surface area contributed by atoms with Gasteiger partial charge in [0, 0.05) is 16.7 Å². The quantitative estimate of drug-likeness (QED) is 0.756. The molecule has 0 atom stereocenters. The highest BCUT2D eigenvalue weighted by molar-refractivity contribution is 5.83. The maximum Gasteiger partial charge on any atom is 0.150 e. The number of methoxy groups -OCH3 is 1. The molecule has 0 aliphatic rings. The molecule has 0 saturated carbocycles. The van der Waals surface area contributed by atoms with Crippen LogP contribution >= 0.6 is 0 Å². The van der Waals surface area contributed by atoms with Crippen molar-refractivity contribution in [1.29, 1.82) is 0 Å². The third-order valence-electron chi connectivity index (χ3n) is 2.80. The predicted molar refractivity (Wildman–Crippen MR) is 65.5 cm³/mol. The van der Waals surface area contributed by atoms with Crippen molar-refractivity contribution in [2.45, 2.75) is 13.3 Å².